The number of methoxy groups -OCH3 is 1. The van der Waals surface area contributed by atoms with E-state index in [1.807, 2.05) is 0 Å². The first-order valence-corrected chi connectivity index (χ1v) is 16.8. The number of fused-ring (bicyclic) bond motifs is 10. The Balaban J connectivity index is 0.990. The van der Waals surface area contributed by atoms with Crippen LogP contribution in [0.5, 0.6) is 17.2 Å². The van der Waals surface area contributed by atoms with Gasteiger partial charge < -0.3 is 14.9 Å². The van der Waals surface area contributed by atoms with Gasteiger partial charge in [-0.25, -0.2) is 0 Å². The highest BCUT2D eigenvalue weighted by molar-refractivity contribution is 5.50. The molecule has 42 heavy (non-hydrogen) atoms. The van der Waals surface area contributed by atoms with Gasteiger partial charge in [0.25, 0.3) is 0 Å². The molecule has 0 bridgehead atoms. The first-order valence-electron chi connectivity index (χ1n) is 16.8. The van der Waals surface area contributed by atoms with Gasteiger partial charge in [0.1, 0.15) is 0 Å². The second-order valence-corrected chi connectivity index (χ2v) is 15.3. The first-order chi connectivity index (χ1) is 20.3. The predicted molar refractivity (Wildman–Crippen MR) is 162 cm³/mol. The molecule has 0 radical (unpaired) electrons. The molecule has 6 aliphatic rings. The van der Waals surface area contributed by atoms with Crippen molar-refractivity contribution in [3.8, 4) is 17.2 Å². The van der Waals surface area contributed by atoms with Gasteiger partial charge in [-0.2, -0.15) is 0 Å². The maximum atomic E-state index is 10.7. The lowest BCUT2D eigenvalue weighted by Crippen LogP contribution is -2.43. The largest absolute Gasteiger partial charge is 0.493 e. The zero-order valence-corrected chi connectivity index (χ0v) is 25.6. The Hall–Kier alpha value is -2.24. The quantitative estimate of drug-likeness (QED) is 0.293. The molecule has 10 atom stereocenters. The summed E-state index contributed by atoms with van der Waals surface area (Å²) in [5.74, 6) is 5.86. The second-order valence-electron chi connectivity index (χ2n) is 15.3. The molecule has 226 valence electrons. The van der Waals surface area contributed by atoms with Crippen LogP contribution in [0.25, 0.3) is 0 Å². The van der Waals surface area contributed by atoms with Crippen LogP contribution in [0.2, 0.25) is 0 Å². The number of rotatable bonds is 4. The van der Waals surface area contributed by atoms with E-state index in [4.69, 9.17) is 14.5 Å². The molecule has 0 aliphatic heterocycles. The van der Waals surface area contributed by atoms with Crippen molar-refractivity contribution < 1.29 is 24.7 Å². The highest BCUT2D eigenvalue weighted by Gasteiger charge is 2.55. The molecule has 0 spiro atoms. The van der Waals surface area contributed by atoms with Crippen LogP contribution in [0.1, 0.15) is 112 Å². The zero-order valence-electron chi connectivity index (χ0n) is 25.6. The summed E-state index contributed by atoms with van der Waals surface area (Å²) in [6.45, 7) is 4.68. The Morgan fingerprint density at radius 1 is 0.643 bits per heavy atom. The number of benzene rings is 2. The summed E-state index contributed by atoms with van der Waals surface area (Å²) in [6, 6.07) is 10.9. The monoisotopic (exact) mass is 572 g/mol. The van der Waals surface area contributed by atoms with Gasteiger partial charge in [0.15, 0.2) is 11.5 Å². The Kier molecular flexibility index (Phi) is 6.43. The van der Waals surface area contributed by atoms with E-state index < -0.39 is 0 Å². The summed E-state index contributed by atoms with van der Waals surface area (Å²) < 4.78 is 5.84. The minimum absolute atomic E-state index is 0.0893. The van der Waals surface area contributed by atoms with Gasteiger partial charge in [0, 0.05) is 0 Å². The van der Waals surface area contributed by atoms with E-state index in [2.05, 4.69) is 44.2 Å². The molecule has 0 amide bonds. The highest BCUT2D eigenvalue weighted by Crippen LogP contribution is 2.62. The van der Waals surface area contributed by atoms with Crippen LogP contribution in [0.4, 0.5) is 0 Å². The number of aryl methyl sites for hydroxylation is 2. The van der Waals surface area contributed by atoms with Crippen LogP contribution in [-0.4, -0.2) is 29.5 Å². The van der Waals surface area contributed by atoms with Gasteiger partial charge in [0.05, 0.1) is 19.3 Å². The average Bonchev–Trinajstić information content (AvgIpc) is 3.49. The summed E-state index contributed by atoms with van der Waals surface area (Å²) >= 11 is 0. The minimum atomic E-state index is -0.142. The molecule has 0 saturated heterocycles. The molecular formula is C37H48O5. The standard InChI is InChI=1S/C37H48O5/c1-36-16-14-25-24-9-6-23(18-21(24)4-7-27(25)30(36)10-12-34(36)38)41-42-33-19-22-5-8-28-26(29(22)20-32(33)40-3)15-17-37(2)31(28)11-13-35(37)39/h6,9,18-20,25-28,30-31,34-35,38-39H,4-5,7-8,10-17H2,1-3H3/t25?,26-,27?,28+,30?,31-,34-,35-,36-,37-/m0/s1. The van der Waals surface area contributed by atoms with Crippen molar-refractivity contribution >= 4 is 0 Å². The highest BCUT2D eigenvalue weighted by atomic mass is 17.2. The van der Waals surface area contributed by atoms with E-state index in [9.17, 15) is 10.2 Å². The Bertz CT molecular complexity index is 1370. The molecule has 4 saturated carbocycles. The van der Waals surface area contributed by atoms with Gasteiger partial charge in [-0.1, -0.05) is 19.9 Å². The SMILES string of the molecule is COc1cc2c(cc1OOc1ccc3c(c1)CCC1C3CC[C@@]3(C)C1CC[C@@H]3O)CC[C@@H]1[C@@H]2CC[C@]2(C)[C@@H](O)CC[C@@H]12. The van der Waals surface area contributed by atoms with Gasteiger partial charge in [-0.05, 0) is 170 Å². The Morgan fingerprint density at radius 3 is 1.86 bits per heavy atom. The van der Waals surface area contributed by atoms with Gasteiger partial charge in [-0.15, -0.1) is 0 Å². The summed E-state index contributed by atoms with van der Waals surface area (Å²) in [5.41, 5.74) is 5.86. The summed E-state index contributed by atoms with van der Waals surface area (Å²) in [5, 5.41) is 21.5. The van der Waals surface area contributed by atoms with Crippen molar-refractivity contribution in [2.45, 2.75) is 115 Å². The molecule has 2 N–H and O–H groups in total. The normalized spacial score (nSPS) is 41.5. The third kappa shape index (κ3) is 3.94. The third-order valence-corrected chi connectivity index (χ3v) is 13.8. The smallest absolute Gasteiger partial charge is 0.220 e. The maximum absolute atomic E-state index is 10.7. The van der Waals surface area contributed by atoms with Crippen LogP contribution in [0, 0.1) is 34.5 Å². The summed E-state index contributed by atoms with van der Waals surface area (Å²) in [7, 11) is 1.72. The molecule has 6 aliphatic carbocycles. The van der Waals surface area contributed by atoms with Crippen LogP contribution in [0.3, 0.4) is 0 Å². The minimum Gasteiger partial charge on any atom is -0.493 e. The van der Waals surface area contributed by atoms with Crippen molar-refractivity contribution in [2.75, 3.05) is 7.11 Å². The fourth-order valence-corrected chi connectivity index (χ4v) is 11.5. The Labute approximate surface area is 250 Å². The van der Waals surface area contributed by atoms with E-state index in [-0.39, 0.29) is 23.0 Å². The van der Waals surface area contributed by atoms with Crippen molar-refractivity contribution in [1.82, 2.24) is 0 Å². The lowest BCUT2D eigenvalue weighted by Gasteiger charge is -2.50. The van der Waals surface area contributed by atoms with Crippen LogP contribution < -0.4 is 14.5 Å². The molecule has 5 nitrogen and oxygen atoms in total. The number of aliphatic hydroxyl groups is 2. The molecule has 0 aromatic heterocycles. The van der Waals surface area contributed by atoms with E-state index in [0.29, 0.717) is 41.3 Å². The molecule has 4 fully saturated rings. The van der Waals surface area contributed by atoms with E-state index in [1.54, 1.807) is 7.11 Å². The molecular weight excluding hydrogens is 524 g/mol. The number of aliphatic hydroxyl groups excluding tert-OH is 2. The van der Waals surface area contributed by atoms with Crippen LogP contribution >= 0.6 is 0 Å². The predicted octanol–water partition coefficient (Wildman–Crippen LogP) is 7.50. The molecule has 5 heteroatoms. The molecule has 2 aromatic rings. The average molecular weight is 573 g/mol. The molecule has 0 heterocycles. The van der Waals surface area contributed by atoms with Crippen molar-refractivity contribution in [3.05, 3.63) is 52.6 Å². The van der Waals surface area contributed by atoms with E-state index in [0.717, 1.165) is 62.9 Å². The van der Waals surface area contributed by atoms with Crippen LogP contribution in [-0.2, 0) is 12.8 Å². The first kappa shape index (κ1) is 27.3. The van der Waals surface area contributed by atoms with Crippen LogP contribution in [0.15, 0.2) is 30.3 Å². The van der Waals surface area contributed by atoms with Gasteiger partial charge in [0.2, 0.25) is 5.75 Å². The van der Waals surface area contributed by atoms with E-state index in [1.165, 1.54) is 47.9 Å². The fraction of sp³-hybridized carbons (Fsp3) is 0.676. The zero-order chi connectivity index (χ0) is 28.8. The number of ether oxygens (including phenoxy) is 1. The third-order valence-electron chi connectivity index (χ3n) is 13.8. The molecule has 3 unspecified atom stereocenters. The summed E-state index contributed by atoms with van der Waals surface area (Å²) in [4.78, 5) is 12.0. The van der Waals surface area contributed by atoms with Crippen molar-refractivity contribution in [2.24, 2.45) is 34.5 Å². The van der Waals surface area contributed by atoms with Crippen molar-refractivity contribution in [3.63, 3.8) is 0 Å². The van der Waals surface area contributed by atoms with Crippen molar-refractivity contribution in [1.29, 1.82) is 0 Å². The van der Waals surface area contributed by atoms with Gasteiger partial charge >= 0.3 is 0 Å². The lowest BCUT2D eigenvalue weighted by molar-refractivity contribution is -0.102. The maximum Gasteiger partial charge on any atom is 0.220 e. The topological polar surface area (TPSA) is 68.2 Å². The second kappa shape index (κ2) is 9.89. The summed E-state index contributed by atoms with van der Waals surface area (Å²) in [6.07, 6.45) is 13.0. The molecule has 2 aromatic carbocycles. The van der Waals surface area contributed by atoms with Gasteiger partial charge in [-0.3, -0.25) is 9.78 Å². The Morgan fingerprint density at radius 2 is 1.24 bits per heavy atom. The number of hydrogen-bond acceptors (Lipinski definition) is 5. The molecule has 8 rings (SSSR count). The van der Waals surface area contributed by atoms with E-state index >= 15 is 0 Å². The number of hydrogen-bond donors (Lipinski definition) is 2. The lowest BCUT2D eigenvalue weighted by atomic mass is 9.55. The fourth-order valence-electron chi connectivity index (χ4n) is 11.5.